The maximum atomic E-state index is 11.6. The summed E-state index contributed by atoms with van der Waals surface area (Å²) in [7, 11) is 0. The van der Waals surface area contributed by atoms with Gasteiger partial charge < -0.3 is 11.1 Å². The zero-order valence-corrected chi connectivity index (χ0v) is 8.76. The molecule has 3 N–H and O–H groups in total. The first-order chi connectivity index (χ1) is 5.94. The van der Waals surface area contributed by atoms with Crippen molar-refractivity contribution < 1.29 is 4.79 Å². The highest BCUT2D eigenvalue weighted by atomic mass is 16.2. The molecule has 0 aromatic rings. The van der Waals surface area contributed by atoms with E-state index in [4.69, 9.17) is 5.73 Å². The van der Waals surface area contributed by atoms with Crippen molar-refractivity contribution in [2.75, 3.05) is 0 Å². The SMILES string of the molecule is CC(C)C(N)C(=O)NC1(C)CCC1. The van der Waals surface area contributed by atoms with E-state index < -0.39 is 0 Å². The molecule has 0 spiro atoms. The maximum absolute atomic E-state index is 11.6. The number of carbonyl (C=O) groups is 1. The highest BCUT2D eigenvalue weighted by molar-refractivity contribution is 5.82. The number of hydrogen-bond donors (Lipinski definition) is 2. The van der Waals surface area contributed by atoms with Gasteiger partial charge in [0.05, 0.1) is 6.04 Å². The van der Waals surface area contributed by atoms with Crippen LogP contribution < -0.4 is 11.1 Å². The first-order valence-corrected chi connectivity index (χ1v) is 5.02. The molecule has 3 heteroatoms. The summed E-state index contributed by atoms with van der Waals surface area (Å²) in [6, 6.07) is -0.363. The van der Waals surface area contributed by atoms with E-state index >= 15 is 0 Å². The monoisotopic (exact) mass is 184 g/mol. The van der Waals surface area contributed by atoms with Crippen LogP contribution in [0.3, 0.4) is 0 Å². The van der Waals surface area contributed by atoms with Crippen molar-refractivity contribution in [2.24, 2.45) is 11.7 Å². The van der Waals surface area contributed by atoms with Crippen LogP contribution in [0.5, 0.6) is 0 Å². The zero-order valence-electron chi connectivity index (χ0n) is 8.76. The van der Waals surface area contributed by atoms with Crippen molar-refractivity contribution in [1.29, 1.82) is 0 Å². The van der Waals surface area contributed by atoms with Gasteiger partial charge in [-0.2, -0.15) is 0 Å². The number of carbonyl (C=O) groups excluding carboxylic acids is 1. The second kappa shape index (κ2) is 3.66. The molecular formula is C10H20N2O. The Morgan fingerprint density at radius 2 is 2.00 bits per heavy atom. The third kappa shape index (κ3) is 2.44. The summed E-state index contributed by atoms with van der Waals surface area (Å²) >= 11 is 0. The zero-order chi connectivity index (χ0) is 10.1. The van der Waals surface area contributed by atoms with E-state index in [0.29, 0.717) is 0 Å². The van der Waals surface area contributed by atoms with Crippen LogP contribution in [0.4, 0.5) is 0 Å². The van der Waals surface area contributed by atoms with E-state index in [2.05, 4.69) is 12.2 Å². The van der Waals surface area contributed by atoms with Gasteiger partial charge in [0.25, 0.3) is 0 Å². The molecule has 1 saturated carbocycles. The fourth-order valence-electron chi connectivity index (χ4n) is 1.52. The Hall–Kier alpha value is -0.570. The standard InChI is InChI=1S/C10H20N2O/c1-7(2)8(11)9(13)12-10(3)5-4-6-10/h7-8H,4-6,11H2,1-3H3,(H,12,13). The van der Waals surface area contributed by atoms with E-state index in [1.807, 2.05) is 13.8 Å². The minimum absolute atomic E-state index is 0.00259. The molecule has 1 fully saturated rings. The molecule has 13 heavy (non-hydrogen) atoms. The molecule has 76 valence electrons. The molecule has 1 atom stereocenters. The summed E-state index contributed by atoms with van der Waals surface area (Å²) in [5, 5.41) is 3.01. The summed E-state index contributed by atoms with van der Waals surface area (Å²) < 4.78 is 0. The van der Waals surface area contributed by atoms with Crippen molar-refractivity contribution in [3.8, 4) is 0 Å². The largest absolute Gasteiger partial charge is 0.350 e. The average molecular weight is 184 g/mol. The van der Waals surface area contributed by atoms with Gasteiger partial charge in [-0.1, -0.05) is 13.8 Å². The molecule has 0 bridgehead atoms. The smallest absolute Gasteiger partial charge is 0.237 e. The van der Waals surface area contributed by atoms with Crippen LogP contribution in [0.15, 0.2) is 0 Å². The fraction of sp³-hybridized carbons (Fsp3) is 0.900. The predicted molar refractivity (Wildman–Crippen MR) is 53.2 cm³/mol. The van der Waals surface area contributed by atoms with Gasteiger partial charge in [-0.3, -0.25) is 4.79 Å². The number of nitrogens with one attached hydrogen (secondary N) is 1. The molecule has 1 amide bonds. The van der Waals surface area contributed by atoms with E-state index in [-0.39, 0.29) is 23.4 Å². The van der Waals surface area contributed by atoms with Crippen molar-refractivity contribution in [3.05, 3.63) is 0 Å². The van der Waals surface area contributed by atoms with Gasteiger partial charge in [0.15, 0.2) is 0 Å². The van der Waals surface area contributed by atoms with E-state index in [1.54, 1.807) is 0 Å². The highest BCUT2D eigenvalue weighted by Crippen LogP contribution is 2.30. The van der Waals surface area contributed by atoms with Crippen LogP contribution in [0.25, 0.3) is 0 Å². The van der Waals surface area contributed by atoms with Gasteiger partial charge >= 0.3 is 0 Å². The number of rotatable bonds is 3. The Morgan fingerprint density at radius 3 is 2.31 bits per heavy atom. The molecule has 0 heterocycles. The van der Waals surface area contributed by atoms with Gasteiger partial charge in [0, 0.05) is 5.54 Å². The average Bonchev–Trinajstić information content (AvgIpc) is 1.99. The normalized spacial score (nSPS) is 22.2. The molecule has 1 aliphatic carbocycles. The predicted octanol–water partition coefficient (Wildman–Crippen LogP) is 1.03. The summed E-state index contributed by atoms with van der Waals surface area (Å²) in [6.45, 7) is 6.02. The van der Waals surface area contributed by atoms with Gasteiger partial charge in [0.1, 0.15) is 0 Å². The highest BCUT2D eigenvalue weighted by Gasteiger charge is 2.34. The van der Waals surface area contributed by atoms with Crippen LogP contribution in [-0.2, 0) is 4.79 Å². The third-order valence-electron chi connectivity index (χ3n) is 2.90. The first-order valence-electron chi connectivity index (χ1n) is 5.02. The molecule has 0 aromatic heterocycles. The van der Waals surface area contributed by atoms with Crippen molar-refractivity contribution in [1.82, 2.24) is 5.32 Å². The van der Waals surface area contributed by atoms with Crippen molar-refractivity contribution in [3.63, 3.8) is 0 Å². The van der Waals surface area contributed by atoms with Crippen LogP contribution in [0.1, 0.15) is 40.0 Å². The Morgan fingerprint density at radius 1 is 1.46 bits per heavy atom. The lowest BCUT2D eigenvalue weighted by Crippen LogP contribution is -2.56. The van der Waals surface area contributed by atoms with Crippen LogP contribution in [0.2, 0.25) is 0 Å². The molecule has 1 aliphatic rings. The lowest BCUT2D eigenvalue weighted by molar-refractivity contribution is -0.126. The third-order valence-corrected chi connectivity index (χ3v) is 2.90. The van der Waals surface area contributed by atoms with E-state index in [9.17, 15) is 4.79 Å². The van der Waals surface area contributed by atoms with E-state index in [0.717, 1.165) is 12.8 Å². The molecular weight excluding hydrogens is 164 g/mol. The first kappa shape index (κ1) is 10.5. The van der Waals surface area contributed by atoms with Gasteiger partial charge in [0.2, 0.25) is 5.91 Å². The molecule has 3 nitrogen and oxygen atoms in total. The molecule has 0 saturated heterocycles. The summed E-state index contributed by atoms with van der Waals surface area (Å²) in [5.41, 5.74) is 5.77. The summed E-state index contributed by atoms with van der Waals surface area (Å²) in [6.07, 6.45) is 3.39. The number of nitrogens with two attached hydrogens (primary N) is 1. The van der Waals surface area contributed by atoms with Crippen LogP contribution in [-0.4, -0.2) is 17.5 Å². The van der Waals surface area contributed by atoms with Crippen molar-refractivity contribution >= 4 is 5.91 Å². The summed E-state index contributed by atoms with van der Waals surface area (Å²) in [4.78, 5) is 11.6. The Bertz CT molecular complexity index is 197. The number of hydrogen-bond acceptors (Lipinski definition) is 2. The second-order valence-electron chi connectivity index (χ2n) is 4.67. The molecule has 0 aliphatic heterocycles. The van der Waals surface area contributed by atoms with Gasteiger partial charge in [-0.05, 0) is 32.1 Å². The Balaban J connectivity index is 2.40. The molecule has 0 aromatic carbocycles. The lowest BCUT2D eigenvalue weighted by Gasteiger charge is -2.40. The Kier molecular flexibility index (Phi) is 2.96. The van der Waals surface area contributed by atoms with Crippen LogP contribution in [0, 0.1) is 5.92 Å². The van der Waals surface area contributed by atoms with Crippen molar-refractivity contribution in [2.45, 2.75) is 51.6 Å². The van der Waals surface area contributed by atoms with Gasteiger partial charge in [-0.15, -0.1) is 0 Å². The van der Waals surface area contributed by atoms with Crippen LogP contribution >= 0.6 is 0 Å². The molecule has 1 unspecified atom stereocenters. The lowest BCUT2D eigenvalue weighted by atomic mass is 9.78. The topological polar surface area (TPSA) is 55.1 Å². The molecule has 1 rings (SSSR count). The summed E-state index contributed by atoms with van der Waals surface area (Å²) in [5.74, 6) is 0.209. The Labute approximate surface area is 80.1 Å². The minimum Gasteiger partial charge on any atom is -0.350 e. The minimum atomic E-state index is -0.363. The molecule has 0 radical (unpaired) electrons. The fourth-order valence-corrected chi connectivity index (χ4v) is 1.52. The quantitative estimate of drug-likeness (QED) is 0.688. The van der Waals surface area contributed by atoms with Gasteiger partial charge in [-0.25, -0.2) is 0 Å². The maximum Gasteiger partial charge on any atom is 0.237 e. The second-order valence-corrected chi connectivity index (χ2v) is 4.67. The van der Waals surface area contributed by atoms with E-state index in [1.165, 1.54) is 6.42 Å². The number of amides is 1.